The predicted molar refractivity (Wildman–Crippen MR) is 71.3 cm³/mol. The fraction of sp³-hybridized carbons (Fsp3) is 0.250. The summed E-state index contributed by atoms with van der Waals surface area (Å²) in [6.07, 6.45) is 0. The Morgan fingerprint density at radius 3 is 1.18 bits per heavy atom. The van der Waals surface area contributed by atoms with Gasteiger partial charge in [-0.2, -0.15) is 0 Å². The van der Waals surface area contributed by atoms with Crippen molar-refractivity contribution in [2.45, 2.75) is 0 Å². The van der Waals surface area contributed by atoms with Crippen molar-refractivity contribution in [3.63, 3.8) is 0 Å². The first-order valence-corrected chi connectivity index (χ1v) is 5.87. The van der Waals surface area contributed by atoms with Crippen molar-refractivity contribution in [1.29, 1.82) is 0 Å². The molecule has 0 spiro atoms. The Kier molecular flexibility index (Phi) is 11.7. The number of aromatic hydroxyl groups is 1. The van der Waals surface area contributed by atoms with Gasteiger partial charge in [0.2, 0.25) is 0 Å². The zero-order chi connectivity index (χ0) is 12.9. The van der Waals surface area contributed by atoms with Crippen LogP contribution < -0.4 is 11.5 Å². The van der Waals surface area contributed by atoms with Crippen LogP contribution in [0.25, 0.3) is 0 Å². The molecule has 0 aliphatic carbocycles. The van der Waals surface area contributed by atoms with Crippen molar-refractivity contribution >= 4 is 58.0 Å². The Bertz CT molecular complexity index is 270. The van der Waals surface area contributed by atoms with E-state index in [0.717, 1.165) is 0 Å². The van der Waals surface area contributed by atoms with Crippen molar-refractivity contribution in [2.75, 3.05) is 13.1 Å². The second kappa shape index (κ2) is 9.79. The molecule has 0 aliphatic heterocycles. The second-order valence-electron chi connectivity index (χ2n) is 2.50. The molecule has 0 unspecified atom stereocenters. The summed E-state index contributed by atoms with van der Waals surface area (Å²) in [5, 5.41) is 9.01. The third kappa shape index (κ3) is 5.60. The first-order valence-electron chi connectivity index (χ1n) is 3.99. The van der Waals surface area contributed by atoms with E-state index < -0.39 is 0 Å². The Morgan fingerprint density at radius 2 is 0.941 bits per heavy atom. The average molecular weight is 390 g/mol. The first-order chi connectivity index (χ1) is 7.38. The number of hydrogen-bond acceptors (Lipinski definition) is 3. The minimum atomic E-state index is -0.363. The van der Waals surface area contributed by atoms with Gasteiger partial charge in [0.1, 0.15) is 10.0 Å². The molecule has 1 radical (unpaired) electrons. The molecule has 1 aromatic rings. The van der Waals surface area contributed by atoms with Gasteiger partial charge >= 0.3 is 0 Å². The molecule has 0 atom stereocenters. The maximum absolute atomic E-state index is 9.20. The maximum Gasteiger partial charge on any atom is 0.155 e. The van der Waals surface area contributed by atoms with Gasteiger partial charge in [0, 0.05) is 30.2 Å². The molecular formula is C8H9Cl5CuN2O. The van der Waals surface area contributed by atoms with Crippen molar-refractivity contribution in [3.8, 4) is 5.75 Å². The zero-order valence-electron chi connectivity index (χ0n) is 8.21. The van der Waals surface area contributed by atoms with Gasteiger partial charge in [-0.15, -0.1) is 0 Å². The van der Waals surface area contributed by atoms with E-state index in [1.807, 2.05) is 0 Å². The third-order valence-electron chi connectivity index (χ3n) is 1.35. The molecule has 17 heavy (non-hydrogen) atoms. The zero-order valence-corrected chi connectivity index (χ0v) is 12.9. The molecule has 0 bridgehead atoms. The fourth-order valence-electron chi connectivity index (χ4n) is 0.593. The van der Waals surface area contributed by atoms with Gasteiger partial charge in [-0.3, -0.25) is 0 Å². The number of nitrogens with two attached hydrogens (primary N) is 2. The van der Waals surface area contributed by atoms with E-state index in [-0.39, 0.29) is 47.9 Å². The third-order valence-corrected chi connectivity index (χ3v) is 3.61. The number of phenolic OH excluding ortho intramolecular Hbond substituents is 1. The summed E-state index contributed by atoms with van der Waals surface area (Å²) in [7, 11) is 0. The molecule has 5 N–H and O–H groups in total. The van der Waals surface area contributed by atoms with Gasteiger partial charge < -0.3 is 16.6 Å². The summed E-state index contributed by atoms with van der Waals surface area (Å²) in [6, 6.07) is 0. The van der Waals surface area contributed by atoms with Crippen LogP contribution in [0.5, 0.6) is 5.75 Å². The Morgan fingerprint density at radius 1 is 0.706 bits per heavy atom. The van der Waals surface area contributed by atoms with Gasteiger partial charge in [0.25, 0.3) is 0 Å². The smallest absolute Gasteiger partial charge is 0.155 e. The van der Waals surface area contributed by atoms with Gasteiger partial charge in [-0.05, 0) is 0 Å². The van der Waals surface area contributed by atoms with Crippen molar-refractivity contribution < 1.29 is 22.2 Å². The van der Waals surface area contributed by atoms with Gasteiger partial charge in [0.05, 0.1) is 15.1 Å². The number of rotatable bonds is 1. The molecule has 0 aromatic heterocycles. The summed E-state index contributed by atoms with van der Waals surface area (Å²) in [5.74, 6) is -0.363. The van der Waals surface area contributed by atoms with E-state index in [1.165, 1.54) is 0 Å². The molecule has 0 heterocycles. The van der Waals surface area contributed by atoms with Crippen LogP contribution in [0.1, 0.15) is 0 Å². The Balaban J connectivity index is 0. The number of phenols is 1. The summed E-state index contributed by atoms with van der Waals surface area (Å²) in [6.45, 7) is 1.19. The molecule has 3 nitrogen and oxygen atoms in total. The second-order valence-corrected chi connectivity index (χ2v) is 4.39. The minimum Gasteiger partial charge on any atom is -0.505 e. The number of halogens is 5. The van der Waals surface area contributed by atoms with Crippen LogP contribution in [-0.2, 0) is 17.1 Å². The van der Waals surface area contributed by atoms with Gasteiger partial charge in [-0.25, -0.2) is 0 Å². The van der Waals surface area contributed by atoms with Crippen LogP contribution in [0.3, 0.4) is 0 Å². The van der Waals surface area contributed by atoms with Crippen molar-refractivity contribution in [3.05, 3.63) is 25.1 Å². The monoisotopic (exact) mass is 387 g/mol. The maximum atomic E-state index is 9.20. The quantitative estimate of drug-likeness (QED) is 0.390. The van der Waals surface area contributed by atoms with E-state index >= 15 is 0 Å². The van der Waals surface area contributed by atoms with E-state index in [0.29, 0.717) is 13.1 Å². The minimum absolute atomic E-state index is 0. The van der Waals surface area contributed by atoms with E-state index in [1.54, 1.807) is 0 Å². The van der Waals surface area contributed by atoms with Gasteiger partial charge in [0.15, 0.2) is 5.75 Å². The molecule has 0 saturated carbocycles. The van der Waals surface area contributed by atoms with Crippen LogP contribution in [0.15, 0.2) is 0 Å². The molecular weight excluding hydrogens is 381 g/mol. The largest absolute Gasteiger partial charge is 0.505 e. The summed E-state index contributed by atoms with van der Waals surface area (Å²) >= 11 is 27.9. The molecule has 1 rings (SSSR count). The SMILES string of the molecule is NCCN.Oc1c(Cl)c(Cl)c(Cl)c(Cl)c1Cl.[Cu]. The number of hydrogen-bond donors (Lipinski definition) is 3. The van der Waals surface area contributed by atoms with Crippen LogP contribution in [-0.4, -0.2) is 18.2 Å². The normalized spacial score (nSPS) is 9.12. The van der Waals surface area contributed by atoms with Crippen molar-refractivity contribution in [1.82, 2.24) is 0 Å². The topological polar surface area (TPSA) is 72.3 Å². The molecule has 103 valence electrons. The van der Waals surface area contributed by atoms with Crippen LogP contribution in [0.2, 0.25) is 25.1 Å². The van der Waals surface area contributed by atoms with E-state index in [4.69, 9.17) is 69.5 Å². The van der Waals surface area contributed by atoms with E-state index in [9.17, 15) is 5.11 Å². The molecule has 0 aliphatic rings. The van der Waals surface area contributed by atoms with Crippen LogP contribution >= 0.6 is 58.0 Å². The molecule has 9 heteroatoms. The summed E-state index contributed by atoms with van der Waals surface area (Å²) in [5.41, 5.74) is 9.81. The van der Waals surface area contributed by atoms with Gasteiger partial charge in [-0.1, -0.05) is 58.0 Å². The Labute approximate surface area is 135 Å². The standard InChI is InChI=1S/C6HCl5O.C2H8N2.Cu/c7-1-2(8)4(10)6(12)5(11)3(1)9;3-1-2-4;/h12H;1-4H2;. The molecule has 0 amide bonds. The molecule has 0 saturated heterocycles. The Hall–Kier alpha value is 0.909. The van der Waals surface area contributed by atoms with Crippen LogP contribution in [0, 0.1) is 0 Å². The first kappa shape index (κ1) is 20.2. The van der Waals surface area contributed by atoms with Crippen LogP contribution in [0.4, 0.5) is 0 Å². The predicted octanol–water partition coefficient (Wildman–Crippen LogP) is 3.56. The fourth-order valence-corrected chi connectivity index (χ4v) is 1.72. The number of benzene rings is 1. The summed E-state index contributed by atoms with van der Waals surface area (Å²) in [4.78, 5) is 0. The molecule has 1 aromatic carbocycles. The van der Waals surface area contributed by atoms with E-state index in [2.05, 4.69) is 0 Å². The van der Waals surface area contributed by atoms with Crippen molar-refractivity contribution in [2.24, 2.45) is 11.5 Å². The summed E-state index contributed by atoms with van der Waals surface area (Å²) < 4.78 is 0. The molecule has 0 fully saturated rings. The average Bonchev–Trinajstić information content (AvgIpc) is 2.31.